The Morgan fingerprint density at radius 3 is 2.11 bits per heavy atom. The quantitative estimate of drug-likeness (QED) is 0.439. The van der Waals surface area contributed by atoms with E-state index < -0.39 is 5.97 Å². The summed E-state index contributed by atoms with van der Waals surface area (Å²) >= 11 is 0. The number of hydrogen-bond acceptors (Lipinski definition) is 5. The highest BCUT2D eigenvalue weighted by Gasteiger charge is 2.18. The molecule has 0 aromatic heterocycles. The maximum Gasteiger partial charge on any atom is 0.337 e. The van der Waals surface area contributed by atoms with Crippen LogP contribution in [0.4, 0.5) is 5.69 Å². The summed E-state index contributed by atoms with van der Waals surface area (Å²) in [6.45, 7) is 10.0. The van der Waals surface area contributed by atoms with E-state index in [0.29, 0.717) is 23.9 Å². The third kappa shape index (κ3) is 9.74. The molecule has 6 nitrogen and oxygen atoms in total. The fraction of sp³-hybridized carbons (Fsp3) is 0.636. The number of carbonyl (C=O) groups excluding carboxylic acids is 1. The molecule has 28 heavy (non-hydrogen) atoms. The van der Waals surface area contributed by atoms with Gasteiger partial charge in [-0.05, 0) is 61.4 Å². The van der Waals surface area contributed by atoms with Crippen molar-refractivity contribution in [3.8, 4) is 0 Å². The van der Waals surface area contributed by atoms with Gasteiger partial charge >= 0.3 is 11.9 Å². The van der Waals surface area contributed by atoms with Crippen LogP contribution in [0.15, 0.2) is 24.3 Å². The minimum absolute atomic E-state index is 0.131. The number of nitrogens with one attached hydrogen (secondary N) is 2. The van der Waals surface area contributed by atoms with Crippen molar-refractivity contribution in [1.82, 2.24) is 5.32 Å². The molecule has 0 bridgehead atoms. The van der Waals surface area contributed by atoms with Gasteiger partial charge in [-0.15, -0.1) is 0 Å². The number of carboxylic acid groups (broad SMARTS) is 1. The molecule has 0 saturated heterocycles. The molecule has 6 heteroatoms. The van der Waals surface area contributed by atoms with Gasteiger partial charge in [0.1, 0.15) is 0 Å². The van der Waals surface area contributed by atoms with Crippen LogP contribution in [0, 0.1) is 17.8 Å². The van der Waals surface area contributed by atoms with Crippen LogP contribution in [0.2, 0.25) is 0 Å². The van der Waals surface area contributed by atoms with E-state index in [-0.39, 0.29) is 24.3 Å². The van der Waals surface area contributed by atoms with E-state index in [9.17, 15) is 9.59 Å². The lowest BCUT2D eigenvalue weighted by molar-refractivity contribution is -0.138. The Balaban J connectivity index is 2.64. The average Bonchev–Trinajstić information content (AvgIpc) is 2.62. The number of ether oxygens (including phenoxy) is 1. The van der Waals surface area contributed by atoms with Crippen molar-refractivity contribution in [2.24, 2.45) is 17.8 Å². The second-order valence-electron chi connectivity index (χ2n) is 8.28. The first-order chi connectivity index (χ1) is 13.2. The van der Waals surface area contributed by atoms with Gasteiger partial charge in [-0.2, -0.15) is 0 Å². The third-order valence-corrected chi connectivity index (χ3v) is 4.58. The van der Waals surface area contributed by atoms with Crippen LogP contribution in [-0.2, 0) is 9.53 Å². The SMILES string of the molecule is COC(=O)c1ccc(NCC(CC(C)C)NCC(CC(=O)O)CC(C)C)cc1. The summed E-state index contributed by atoms with van der Waals surface area (Å²) < 4.78 is 4.72. The van der Waals surface area contributed by atoms with E-state index in [4.69, 9.17) is 9.84 Å². The first-order valence-electron chi connectivity index (χ1n) is 10.1. The summed E-state index contributed by atoms with van der Waals surface area (Å²) in [6, 6.07) is 7.45. The molecule has 2 unspecified atom stereocenters. The van der Waals surface area contributed by atoms with Crippen molar-refractivity contribution < 1.29 is 19.4 Å². The van der Waals surface area contributed by atoms with Crippen LogP contribution in [0.5, 0.6) is 0 Å². The van der Waals surface area contributed by atoms with Gasteiger partial charge in [0.2, 0.25) is 0 Å². The molecule has 0 amide bonds. The molecule has 1 aromatic carbocycles. The second kappa shape index (κ2) is 12.4. The van der Waals surface area contributed by atoms with Crippen LogP contribution in [0.1, 0.15) is 57.3 Å². The van der Waals surface area contributed by atoms with Crippen LogP contribution in [0.25, 0.3) is 0 Å². The molecule has 0 aliphatic carbocycles. The molecule has 0 aliphatic rings. The molecule has 0 aliphatic heterocycles. The van der Waals surface area contributed by atoms with Crippen molar-refractivity contribution in [2.75, 3.05) is 25.5 Å². The van der Waals surface area contributed by atoms with Crippen molar-refractivity contribution in [2.45, 2.75) is 53.0 Å². The van der Waals surface area contributed by atoms with Crippen LogP contribution >= 0.6 is 0 Å². The number of carboxylic acids is 1. The molecule has 0 saturated carbocycles. The largest absolute Gasteiger partial charge is 0.481 e. The van der Waals surface area contributed by atoms with Crippen LogP contribution < -0.4 is 10.6 Å². The van der Waals surface area contributed by atoms with Crippen LogP contribution in [-0.4, -0.2) is 43.3 Å². The fourth-order valence-electron chi connectivity index (χ4n) is 3.38. The van der Waals surface area contributed by atoms with Crippen molar-refractivity contribution in [3.05, 3.63) is 29.8 Å². The smallest absolute Gasteiger partial charge is 0.337 e. The molecule has 0 fully saturated rings. The van der Waals surface area contributed by atoms with Crippen molar-refractivity contribution >= 4 is 17.6 Å². The van der Waals surface area contributed by atoms with Gasteiger partial charge in [0.05, 0.1) is 12.7 Å². The molecule has 2 atom stereocenters. The normalized spacial score (nSPS) is 13.4. The van der Waals surface area contributed by atoms with E-state index in [1.807, 2.05) is 12.1 Å². The van der Waals surface area contributed by atoms with Crippen molar-refractivity contribution in [1.29, 1.82) is 0 Å². The highest BCUT2D eigenvalue weighted by molar-refractivity contribution is 5.89. The zero-order valence-corrected chi connectivity index (χ0v) is 17.8. The van der Waals surface area contributed by atoms with E-state index in [1.54, 1.807) is 12.1 Å². The number of hydrogen-bond donors (Lipinski definition) is 3. The first-order valence-corrected chi connectivity index (χ1v) is 10.1. The van der Waals surface area contributed by atoms with Gasteiger partial charge in [-0.1, -0.05) is 27.7 Å². The Hall–Kier alpha value is -2.08. The molecule has 3 N–H and O–H groups in total. The third-order valence-electron chi connectivity index (χ3n) is 4.58. The number of aliphatic carboxylic acids is 1. The summed E-state index contributed by atoms with van der Waals surface area (Å²) in [6.07, 6.45) is 2.09. The highest BCUT2D eigenvalue weighted by Crippen LogP contribution is 2.16. The number of esters is 1. The van der Waals surface area contributed by atoms with Gasteiger partial charge in [0.25, 0.3) is 0 Å². The van der Waals surface area contributed by atoms with Gasteiger partial charge in [0, 0.05) is 24.7 Å². The minimum Gasteiger partial charge on any atom is -0.481 e. The zero-order chi connectivity index (χ0) is 21.1. The van der Waals surface area contributed by atoms with Gasteiger partial charge in [0.15, 0.2) is 0 Å². The standard InChI is InChI=1S/C22H36N2O4/c1-15(2)10-17(12-21(25)26)13-23-20(11-16(3)4)14-24-19-8-6-18(7-9-19)22(27)28-5/h6-9,15-17,20,23-24H,10-14H2,1-5H3,(H,25,26). The molecular formula is C22H36N2O4. The van der Waals surface area contributed by atoms with Crippen LogP contribution in [0.3, 0.4) is 0 Å². The summed E-state index contributed by atoms with van der Waals surface area (Å²) in [7, 11) is 1.37. The maximum absolute atomic E-state index is 11.5. The van der Waals surface area contributed by atoms with E-state index >= 15 is 0 Å². The van der Waals surface area contributed by atoms with E-state index in [0.717, 1.165) is 25.1 Å². The van der Waals surface area contributed by atoms with E-state index in [1.165, 1.54) is 7.11 Å². The summed E-state index contributed by atoms with van der Waals surface area (Å²) in [5.41, 5.74) is 1.46. The molecule has 0 heterocycles. The fourth-order valence-corrected chi connectivity index (χ4v) is 3.38. The lowest BCUT2D eigenvalue weighted by atomic mass is 9.93. The minimum atomic E-state index is -0.739. The summed E-state index contributed by atoms with van der Waals surface area (Å²) in [4.78, 5) is 22.7. The highest BCUT2D eigenvalue weighted by atomic mass is 16.5. The number of carbonyl (C=O) groups is 2. The number of benzene rings is 1. The molecule has 158 valence electrons. The Morgan fingerprint density at radius 1 is 1.00 bits per heavy atom. The Kier molecular flexibility index (Phi) is 10.6. The topological polar surface area (TPSA) is 87.7 Å². The lowest BCUT2D eigenvalue weighted by Crippen LogP contribution is -2.40. The zero-order valence-electron chi connectivity index (χ0n) is 17.8. The predicted molar refractivity (Wildman–Crippen MR) is 113 cm³/mol. The predicted octanol–water partition coefficient (Wildman–Crippen LogP) is 4.03. The average molecular weight is 393 g/mol. The number of anilines is 1. The van der Waals surface area contributed by atoms with Gasteiger partial charge in [-0.25, -0.2) is 4.79 Å². The molecular weight excluding hydrogens is 356 g/mol. The second-order valence-corrected chi connectivity index (χ2v) is 8.28. The Bertz CT molecular complexity index is 599. The molecule has 1 aromatic rings. The number of methoxy groups -OCH3 is 1. The molecule has 0 radical (unpaired) electrons. The summed E-state index contributed by atoms with van der Waals surface area (Å²) in [5.74, 6) is 0.0499. The number of rotatable bonds is 13. The molecule has 0 spiro atoms. The van der Waals surface area contributed by atoms with Gasteiger partial charge in [-0.3, -0.25) is 4.79 Å². The lowest BCUT2D eigenvalue weighted by Gasteiger charge is -2.25. The Morgan fingerprint density at radius 2 is 1.61 bits per heavy atom. The van der Waals surface area contributed by atoms with Gasteiger partial charge < -0.3 is 20.5 Å². The summed E-state index contributed by atoms with van der Waals surface area (Å²) in [5, 5.41) is 16.1. The first kappa shape index (κ1) is 24.0. The van der Waals surface area contributed by atoms with Crippen molar-refractivity contribution in [3.63, 3.8) is 0 Å². The Labute approximate surface area is 169 Å². The maximum atomic E-state index is 11.5. The van der Waals surface area contributed by atoms with E-state index in [2.05, 4.69) is 38.3 Å². The molecule has 1 rings (SSSR count). The monoisotopic (exact) mass is 392 g/mol.